The lowest BCUT2D eigenvalue weighted by molar-refractivity contribution is 0.253. The lowest BCUT2D eigenvalue weighted by Crippen LogP contribution is -2.22. The van der Waals surface area contributed by atoms with Gasteiger partial charge in [-0.1, -0.05) is 140 Å². The van der Waals surface area contributed by atoms with Crippen molar-refractivity contribution in [3.8, 4) is 11.5 Å². The molecule has 41 heavy (non-hydrogen) atoms. The van der Waals surface area contributed by atoms with Gasteiger partial charge in [-0.05, 0) is 56.3 Å². The number of unbranched alkanes of at least 4 members (excludes halogenated alkanes) is 2. The highest BCUT2D eigenvalue weighted by Crippen LogP contribution is 2.53. The molecule has 0 fully saturated rings. The van der Waals surface area contributed by atoms with E-state index in [1.54, 1.807) is 0 Å². The summed E-state index contributed by atoms with van der Waals surface area (Å²) in [5.74, 6) is 2.63. The Morgan fingerprint density at radius 1 is 0.634 bits per heavy atom. The predicted molar refractivity (Wildman–Crippen MR) is 178 cm³/mol. The molecule has 0 saturated carbocycles. The monoisotopic (exact) mass is 582 g/mol. The highest BCUT2D eigenvalue weighted by Gasteiger charge is 2.35. The second-order valence-corrected chi connectivity index (χ2v) is 17.8. The van der Waals surface area contributed by atoms with Crippen LogP contribution < -0.4 is 9.05 Å². The first-order chi connectivity index (χ1) is 18.7. The molecule has 2 aromatic carbocycles. The predicted octanol–water partition coefficient (Wildman–Crippen LogP) is 11.7. The van der Waals surface area contributed by atoms with Gasteiger partial charge in [0.2, 0.25) is 0 Å². The molecule has 230 valence electrons. The van der Waals surface area contributed by atoms with Gasteiger partial charge in [-0.3, -0.25) is 4.52 Å². The van der Waals surface area contributed by atoms with Crippen molar-refractivity contribution >= 4 is 8.60 Å². The fourth-order valence-electron chi connectivity index (χ4n) is 5.23. The topological polar surface area (TPSA) is 27.7 Å². The van der Waals surface area contributed by atoms with E-state index in [1.807, 2.05) is 0 Å². The van der Waals surface area contributed by atoms with Crippen molar-refractivity contribution in [3.63, 3.8) is 0 Å². The van der Waals surface area contributed by atoms with Crippen molar-refractivity contribution < 1.29 is 13.6 Å². The zero-order chi connectivity index (χ0) is 31.0. The van der Waals surface area contributed by atoms with Gasteiger partial charge in [-0.25, -0.2) is 0 Å². The van der Waals surface area contributed by atoms with Crippen molar-refractivity contribution in [2.75, 3.05) is 6.61 Å². The Hall–Kier alpha value is -1.57. The van der Waals surface area contributed by atoms with Crippen LogP contribution in [-0.2, 0) is 32.6 Å². The molecule has 0 radical (unpaired) electrons. The number of hydrogen-bond acceptors (Lipinski definition) is 3. The standard InChI is InChI=1S/C37H59O3P/c1-25(2)18-16-15-17-19-38-41-39-32-26(21-28(34(3,4)5)23-30(32)36(9,10)11)20-27-22-29(35(6,7)8)24-31(33(27)40-41)37(12,13)14/h21-25H,15-20H2,1-14H3. The van der Waals surface area contributed by atoms with E-state index >= 15 is 0 Å². The van der Waals surface area contributed by atoms with E-state index in [0.29, 0.717) is 6.61 Å². The van der Waals surface area contributed by atoms with Gasteiger partial charge >= 0.3 is 8.60 Å². The van der Waals surface area contributed by atoms with Gasteiger partial charge in [0.15, 0.2) is 0 Å². The van der Waals surface area contributed by atoms with E-state index in [9.17, 15) is 0 Å². The third kappa shape index (κ3) is 8.96. The Balaban J connectivity index is 2.19. The van der Waals surface area contributed by atoms with E-state index in [-0.39, 0.29) is 21.7 Å². The summed E-state index contributed by atoms with van der Waals surface area (Å²) in [6, 6.07) is 9.46. The van der Waals surface area contributed by atoms with Crippen LogP contribution in [-0.4, -0.2) is 6.61 Å². The molecule has 4 heteroatoms. The maximum atomic E-state index is 6.85. The van der Waals surface area contributed by atoms with Crippen LogP contribution in [0.5, 0.6) is 11.5 Å². The quantitative estimate of drug-likeness (QED) is 0.240. The molecule has 0 amide bonds. The highest BCUT2D eigenvalue weighted by atomic mass is 31.2. The van der Waals surface area contributed by atoms with Gasteiger partial charge < -0.3 is 9.05 Å². The maximum absolute atomic E-state index is 6.85. The van der Waals surface area contributed by atoms with Crippen LogP contribution >= 0.6 is 8.60 Å². The fraction of sp³-hybridized carbons (Fsp3) is 0.676. The minimum atomic E-state index is -1.62. The van der Waals surface area contributed by atoms with Crippen molar-refractivity contribution in [1.29, 1.82) is 0 Å². The Morgan fingerprint density at radius 2 is 1.07 bits per heavy atom. The molecule has 1 aliphatic heterocycles. The van der Waals surface area contributed by atoms with Gasteiger partial charge in [0.1, 0.15) is 11.5 Å². The van der Waals surface area contributed by atoms with Crippen LogP contribution in [0.15, 0.2) is 24.3 Å². The molecule has 0 atom stereocenters. The Kier molecular flexibility index (Phi) is 10.4. The molecule has 0 aliphatic carbocycles. The average Bonchev–Trinajstić information content (AvgIpc) is 2.78. The molecule has 3 nitrogen and oxygen atoms in total. The highest BCUT2D eigenvalue weighted by molar-refractivity contribution is 7.42. The average molecular weight is 583 g/mol. The van der Waals surface area contributed by atoms with Crippen LogP contribution in [0.1, 0.15) is 156 Å². The Labute approximate surface area is 254 Å². The summed E-state index contributed by atoms with van der Waals surface area (Å²) < 4.78 is 20.2. The summed E-state index contributed by atoms with van der Waals surface area (Å²) in [4.78, 5) is 0. The molecule has 0 spiro atoms. The first-order valence-electron chi connectivity index (χ1n) is 15.8. The zero-order valence-corrected chi connectivity index (χ0v) is 29.7. The lowest BCUT2D eigenvalue weighted by atomic mass is 9.76. The maximum Gasteiger partial charge on any atom is 0.463 e. The van der Waals surface area contributed by atoms with Crippen LogP contribution in [0.3, 0.4) is 0 Å². The fourth-order valence-corrected chi connectivity index (χ4v) is 6.38. The van der Waals surface area contributed by atoms with Crippen molar-refractivity contribution in [1.82, 2.24) is 0 Å². The second-order valence-electron chi connectivity index (χ2n) is 16.7. The van der Waals surface area contributed by atoms with E-state index in [4.69, 9.17) is 13.6 Å². The second kappa shape index (κ2) is 12.6. The molecule has 0 bridgehead atoms. The number of hydrogen-bond donors (Lipinski definition) is 0. The van der Waals surface area contributed by atoms with Crippen molar-refractivity contribution in [2.45, 2.75) is 151 Å². The number of fused-ring (bicyclic) bond motifs is 2. The van der Waals surface area contributed by atoms with E-state index in [2.05, 4.69) is 121 Å². The van der Waals surface area contributed by atoms with Crippen LogP contribution in [0.2, 0.25) is 0 Å². The summed E-state index contributed by atoms with van der Waals surface area (Å²) in [7, 11) is -1.62. The smallest absolute Gasteiger partial charge is 0.417 e. The molecule has 1 aliphatic rings. The minimum absolute atomic E-state index is 0.0256. The SMILES string of the molecule is CC(C)CCCCCOP1Oc2c(cc(C(C)(C)C)cc2C(C)(C)C)Cc2cc(C(C)(C)C)cc(C(C)(C)C)c2O1. The molecule has 2 aromatic rings. The number of benzene rings is 2. The lowest BCUT2D eigenvalue weighted by Gasteiger charge is -2.34. The minimum Gasteiger partial charge on any atom is -0.417 e. The molecule has 3 rings (SSSR count). The van der Waals surface area contributed by atoms with Crippen LogP contribution in [0, 0.1) is 5.92 Å². The Bertz CT molecular complexity index is 1100. The molecule has 0 N–H and O–H groups in total. The summed E-state index contributed by atoms with van der Waals surface area (Å²) in [6.45, 7) is 32.7. The summed E-state index contributed by atoms with van der Waals surface area (Å²) in [5, 5.41) is 0. The molecule has 0 aromatic heterocycles. The molecule has 1 heterocycles. The first-order valence-corrected chi connectivity index (χ1v) is 16.9. The van der Waals surface area contributed by atoms with Gasteiger partial charge in [0.25, 0.3) is 0 Å². The van der Waals surface area contributed by atoms with E-state index in [1.165, 1.54) is 52.6 Å². The molecular formula is C37H59O3P. The summed E-state index contributed by atoms with van der Waals surface area (Å²) in [5.41, 5.74) is 7.46. The largest absolute Gasteiger partial charge is 0.463 e. The van der Waals surface area contributed by atoms with Gasteiger partial charge in [0.05, 0.1) is 6.61 Å². The van der Waals surface area contributed by atoms with Crippen LogP contribution in [0.25, 0.3) is 0 Å². The molecule has 0 unspecified atom stereocenters. The van der Waals surface area contributed by atoms with Crippen molar-refractivity contribution in [2.24, 2.45) is 5.92 Å². The normalized spacial score (nSPS) is 15.1. The Morgan fingerprint density at radius 3 is 1.44 bits per heavy atom. The summed E-state index contributed by atoms with van der Waals surface area (Å²) in [6.07, 6.45) is 5.45. The third-order valence-electron chi connectivity index (χ3n) is 8.01. The summed E-state index contributed by atoms with van der Waals surface area (Å²) >= 11 is 0. The third-order valence-corrected chi connectivity index (χ3v) is 9.07. The van der Waals surface area contributed by atoms with Gasteiger partial charge in [-0.15, -0.1) is 0 Å². The molecular weight excluding hydrogens is 523 g/mol. The molecule has 0 saturated heterocycles. The van der Waals surface area contributed by atoms with E-state index < -0.39 is 8.60 Å². The number of rotatable bonds is 7. The zero-order valence-electron chi connectivity index (χ0n) is 28.8. The van der Waals surface area contributed by atoms with Crippen molar-refractivity contribution in [3.05, 3.63) is 57.6 Å². The first kappa shape index (κ1) is 33.9. The van der Waals surface area contributed by atoms with E-state index in [0.717, 1.165) is 30.3 Å². The van der Waals surface area contributed by atoms with Gasteiger partial charge in [0, 0.05) is 17.5 Å². The van der Waals surface area contributed by atoms with Gasteiger partial charge in [-0.2, -0.15) is 0 Å². The van der Waals surface area contributed by atoms with Crippen LogP contribution in [0.4, 0.5) is 0 Å².